The van der Waals surface area contributed by atoms with Crippen LogP contribution in [0.5, 0.6) is 0 Å². The van der Waals surface area contributed by atoms with Gasteiger partial charge in [-0.3, -0.25) is 0 Å². The molecule has 13 nitrogen and oxygen atoms in total. The lowest BCUT2D eigenvalue weighted by Crippen LogP contribution is -2.65. The number of carboxylic acids is 2. The number of carbonyl (C=O) groups is 2. The van der Waals surface area contributed by atoms with Gasteiger partial charge in [-0.05, 0) is 6.42 Å². The number of carboxylic acid groups (broad SMARTS) is 2. The molecule has 10 atom stereocenters. The van der Waals surface area contributed by atoms with Gasteiger partial charge in [0.05, 0.1) is 0 Å². The van der Waals surface area contributed by atoms with E-state index < -0.39 is 73.4 Å². The highest BCUT2D eigenvalue weighted by molar-refractivity contribution is 5.74. The first-order valence-electron chi connectivity index (χ1n) is 13.0. The van der Waals surface area contributed by atoms with Crippen molar-refractivity contribution >= 4 is 11.9 Å². The van der Waals surface area contributed by atoms with Crippen LogP contribution in [0.2, 0.25) is 0 Å². The van der Waals surface area contributed by atoms with Gasteiger partial charge in [0.15, 0.2) is 24.8 Å². The molecule has 2 rings (SSSR count). The van der Waals surface area contributed by atoms with E-state index in [9.17, 15) is 40.2 Å². The van der Waals surface area contributed by atoms with Gasteiger partial charge in [-0.15, -0.1) is 0 Å². The number of hydrogen-bond donors (Lipinski definition) is 7. The predicted molar refractivity (Wildman–Crippen MR) is 125 cm³/mol. The van der Waals surface area contributed by atoms with Crippen molar-refractivity contribution in [2.45, 2.75) is 133 Å². The molecule has 2 saturated heterocycles. The van der Waals surface area contributed by atoms with Crippen LogP contribution in [0.4, 0.5) is 0 Å². The van der Waals surface area contributed by atoms with Gasteiger partial charge in [-0.25, -0.2) is 9.59 Å². The van der Waals surface area contributed by atoms with Gasteiger partial charge in [-0.1, -0.05) is 64.7 Å². The summed E-state index contributed by atoms with van der Waals surface area (Å²) >= 11 is 0. The van der Waals surface area contributed by atoms with Crippen molar-refractivity contribution in [3.8, 4) is 0 Å². The maximum Gasteiger partial charge on any atom is 0.335 e. The van der Waals surface area contributed by atoms with Gasteiger partial charge < -0.3 is 54.7 Å². The Bertz CT molecular complexity index is 692. The topological polar surface area (TPSA) is 213 Å². The molecule has 0 aromatic carbocycles. The molecule has 2 aliphatic rings. The van der Waals surface area contributed by atoms with Crippen molar-refractivity contribution < 1.29 is 64.3 Å². The van der Waals surface area contributed by atoms with Crippen LogP contribution in [0.3, 0.4) is 0 Å². The molecule has 4 unspecified atom stereocenters. The Labute approximate surface area is 215 Å². The Kier molecular flexibility index (Phi) is 13.6. The summed E-state index contributed by atoms with van der Waals surface area (Å²) in [5, 5.41) is 69.6. The molecule has 216 valence electrons. The normalized spacial score (nSPS) is 36.4. The quantitative estimate of drug-likeness (QED) is 0.126. The van der Waals surface area contributed by atoms with Crippen LogP contribution in [0.15, 0.2) is 0 Å². The van der Waals surface area contributed by atoms with Gasteiger partial charge in [0.1, 0.15) is 36.6 Å². The van der Waals surface area contributed by atoms with E-state index in [1.165, 1.54) is 38.5 Å². The largest absolute Gasteiger partial charge is 0.479 e. The second-order valence-corrected chi connectivity index (χ2v) is 9.63. The van der Waals surface area contributed by atoms with Gasteiger partial charge in [-0.2, -0.15) is 0 Å². The minimum absolute atomic E-state index is 0.164. The van der Waals surface area contributed by atoms with Crippen molar-refractivity contribution in [1.29, 1.82) is 0 Å². The number of rotatable bonds is 16. The molecule has 2 aliphatic heterocycles. The van der Waals surface area contributed by atoms with Gasteiger partial charge in [0.2, 0.25) is 0 Å². The van der Waals surface area contributed by atoms with Crippen LogP contribution < -0.4 is 0 Å². The fourth-order valence-electron chi connectivity index (χ4n) is 4.43. The number of hydrogen-bond acceptors (Lipinski definition) is 11. The minimum atomic E-state index is -1.99. The summed E-state index contributed by atoms with van der Waals surface area (Å²) in [6.07, 6.45) is -7.60. The first kappa shape index (κ1) is 31.8. The third kappa shape index (κ3) is 9.08. The molecule has 0 saturated carbocycles. The van der Waals surface area contributed by atoms with E-state index in [4.69, 9.17) is 24.1 Å². The van der Waals surface area contributed by atoms with Crippen LogP contribution in [0.25, 0.3) is 0 Å². The average molecular weight is 539 g/mol. The first-order chi connectivity index (χ1) is 17.6. The van der Waals surface area contributed by atoms with Gasteiger partial charge >= 0.3 is 11.9 Å². The predicted octanol–water partition coefficient (Wildman–Crippen LogP) is -0.267. The van der Waals surface area contributed by atoms with E-state index in [0.29, 0.717) is 6.42 Å². The molecule has 2 heterocycles. The molecular weight excluding hydrogens is 496 g/mol. The van der Waals surface area contributed by atoms with Crippen molar-refractivity contribution in [2.24, 2.45) is 0 Å². The molecule has 13 heteroatoms. The summed E-state index contributed by atoms with van der Waals surface area (Å²) in [7, 11) is 0. The lowest BCUT2D eigenvalue weighted by molar-refractivity contribution is -0.350. The SMILES string of the molecule is CCCCCCCCCCCCO[C@@H]1OC(C(=O)O)[C@@H](O[C@@H]2OC(C(=O)O)[C@@H](O)[C@H](O)C2O)[C@H](O)C1O. The highest BCUT2D eigenvalue weighted by Crippen LogP contribution is 2.30. The fraction of sp³-hybridized carbons (Fsp3) is 0.917. The lowest BCUT2D eigenvalue weighted by atomic mass is 9.96. The second-order valence-electron chi connectivity index (χ2n) is 9.63. The van der Waals surface area contributed by atoms with Crippen LogP contribution in [-0.4, -0.2) is 116 Å². The summed E-state index contributed by atoms with van der Waals surface area (Å²) < 4.78 is 21.0. The van der Waals surface area contributed by atoms with E-state index >= 15 is 0 Å². The van der Waals surface area contributed by atoms with E-state index in [1.807, 2.05) is 0 Å². The van der Waals surface area contributed by atoms with E-state index in [-0.39, 0.29) is 6.61 Å². The van der Waals surface area contributed by atoms with Crippen LogP contribution in [0.1, 0.15) is 71.1 Å². The number of aliphatic hydroxyl groups is 5. The number of aliphatic hydroxyl groups excluding tert-OH is 5. The van der Waals surface area contributed by atoms with Crippen LogP contribution in [0, 0.1) is 0 Å². The standard InChI is InChI=1S/C24H42O13/c1-2-3-4-5-6-7-8-9-10-11-12-34-23-17(29)15(27)18(20(37-23)22(32)33)35-24-16(28)13(25)14(26)19(36-24)21(30)31/h13-20,23-29H,2-12H2,1H3,(H,30,31)(H,32,33)/t13-,14-,15+,16?,17?,18-,19?,20?,23+,24+/m0/s1. The summed E-state index contributed by atoms with van der Waals surface area (Å²) in [4.78, 5) is 23.1. The number of ether oxygens (including phenoxy) is 4. The Morgan fingerprint density at radius 3 is 1.65 bits per heavy atom. The molecule has 0 aliphatic carbocycles. The van der Waals surface area contributed by atoms with E-state index in [1.54, 1.807) is 0 Å². The third-order valence-electron chi connectivity index (χ3n) is 6.67. The van der Waals surface area contributed by atoms with Crippen LogP contribution >= 0.6 is 0 Å². The molecule has 0 aromatic heterocycles. The van der Waals surface area contributed by atoms with Crippen molar-refractivity contribution in [1.82, 2.24) is 0 Å². The van der Waals surface area contributed by atoms with Crippen molar-refractivity contribution in [3.63, 3.8) is 0 Å². The van der Waals surface area contributed by atoms with E-state index in [0.717, 1.165) is 19.3 Å². The second kappa shape index (κ2) is 15.9. The van der Waals surface area contributed by atoms with Gasteiger partial charge in [0, 0.05) is 6.61 Å². The summed E-state index contributed by atoms with van der Waals surface area (Å²) in [6, 6.07) is 0. The average Bonchev–Trinajstić information content (AvgIpc) is 2.86. The maximum atomic E-state index is 11.8. The smallest absolute Gasteiger partial charge is 0.335 e. The molecular formula is C24H42O13. The van der Waals surface area contributed by atoms with Crippen molar-refractivity contribution in [3.05, 3.63) is 0 Å². The summed E-state index contributed by atoms with van der Waals surface area (Å²) in [6.45, 7) is 2.35. The lowest BCUT2D eigenvalue weighted by Gasteiger charge is -2.44. The highest BCUT2D eigenvalue weighted by Gasteiger charge is 2.53. The number of unbranched alkanes of at least 4 members (excludes halogenated alkanes) is 9. The molecule has 0 spiro atoms. The molecule has 0 aromatic rings. The monoisotopic (exact) mass is 538 g/mol. The maximum absolute atomic E-state index is 11.8. The highest BCUT2D eigenvalue weighted by atomic mass is 16.7. The van der Waals surface area contributed by atoms with Gasteiger partial charge in [0.25, 0.3) is 0 Å². The zero-order chi connectivity index (χ0) is 27.5. The number of aliphatic carboxylic acids is 2. The molecule has 0 amide bonds. The minimum Gasteiger partial charge on any atom is -0.479 e. The molecule has 2 fully saturated rings. The molecule has 7 N–H and O–H groups in total. The Morgan fingerprint density at radius 2 is 1.11 bits per heavy atom. The summed E-state index contributed by atoms with van der Waals surface area (Å²) in [5.74, 6) is -3.24. The Hall–Kier alpha value is -1.42. The van der Waals surface area contributed by atoms with E-state index in [2.05, 4.69) is 6.92 Å². The zero-order valence-electron chi connectivity index (χ0n) is 21.1. The molecule has 37 heavy (non-hydrogen) atoms. The Balaban J connectivity index is 1.84. The zero-order valence-corrected chi connectivity index (χ0v) is 21.1. The van der Waals surface area contributed by atoms with Crippen LogP contribution in [-0.2, 0) is 28.5 Å². The molecule has 0 radical (unpaired) electrons. The molecule has 0 bridgehead atoms. The fourth-order valence-corrected chi connectivity index (χ4v) is 4.43. The third-order valence-corrected chi connectivity index (χ3v) is 6.67. The summed E-state index contributed by atoms with van der Waals surface area (Å²) in [5.41, 5.74) is 0. The Morgan fingerprint density at radius 1 is 0.622 bits per heavy atom. The first-order valence-corrected chi connectivity index (χ1v) is 13.0. The van der Waals surface area contributed by atoms with Crippen molar-refractivity contribution in [2.75, 3.05) is 6.61 Å².